The van der Waals surface area contributed by atoms with E-state index >= 15 is 0 Å². The van der Waals surface area contributed by atoms with Crippen LogP contribution in [0.3, 0.4) is 0 Å². The minimum Gasteiger partial charge on any atom is -0.379 e. The topological polar surface area (TPSA) is 79.3 Å². The molecule has 0 saturated carbocycles. The van der Waals surface area contributed by atoms with E-state index < -0.39 is 0 Å². The molecule has 0 spiro atoms. The van der Waals surface area contributed by atoms with E-state index in [9.17, 15) is 9.18 Å². The number of hydrogen-bond acceptors (Lipinski definition) is 6. The van der Waals surface area contributed by atoms with Crippen molar-refractivity contribution in [3.63, 3.8) is 0 Å². The monoisotopic (exact) mass is 442 g/mol. The molecular formula is C23H31FN6O2. The Morgan fingerprint density at radius 2 is 1.97 bits per heavy atom. The van der Waals surface area contributed by atoms with E-state index in [0.29, 0.717) is 30.1 Å². The van der Waals surface area contributed by atoms with Crippen molar-refractivity contribution in [1.82, 2.24) is 24.6 Å². The van der Waals surface area contributed by atoms with Crippen LogP contribution in [-0.2, 0) is 24.8 Å². The molecule has 32 heavy (non-hydrogen) atoms. The summed E-state index contributed by atoms with van der Waals surface area (Å²) in [6.07, 6.45) is 2.61. The van der Waals surface area contributed by atoms with Gasteiger partial charge in [-0.3, -0.25) is 19.4 Å². The summed E-state index contributed by atoms with van der Waals surface area (Å²) in [7, 11) is 1.77. The second kappa shape index (κ2) is 10.2. The smallest absolute Gasteiger partial charge is 0.278 e. The number of rotatable bonds is 9. The molecule has 8 nitrogen and oxygen atoms in total. The number of nitrogens with zero attached hydrogens (tertiary/aromatic N) is 5. The van der Waals surface area contributed by atoms with Crippen LogP contribution in [0.15, 0.2) is 29.1 Å². The highest BCUT2D eigenvalue weighted by molar-refractivity contribution is 5.77. The van der Waals surface area contributed by atoms with E-state index in [-0.39, 0.29) is 11.4 Å². The lowest BCUT2D eigenvalue weighted by molar-refractivity contribution is 0.0376. The number of anilines is 1. The zero-order valence-electron chi connectivity index (χ0n) is 18.8. The number of nitrogens with one attached hydrogen (secondary N) is 1. The number of aromatic amines is 1. The molecule has 1 N–H and O–H groups in total. The molecule has 1 aliphatic heterocycles. The summed E-state index contributed by atoms with van der Waals surface area (Å²) < 4.78 is 20.4. The van der Waals surface area contributed by atoms with Gasteiger partial charge in [-0.05, 0) is 30.5 Å². The Morgan fingerprint density at radius 3 is 2.69 bits per heavy atom. The van der Waals surface area contributed by atoms with Crippen molar-refractivity contribution in [1.29, 1.82) is 0 Å². The summed E-state index contributed by atoms with van der Waals surface area (Å²) in [5.41, 5.74) is 2.75. The van der Waals surface area contributed by atoms with Crippen LogP contribution < -0.4 is 10.5 Å². The molecule has 0 unspecified atom stereocenters. The molecule has 0 aliphatic carbocycles. The van der Waals surface area contributed by atoms with Gasteiger partial charge in [0.15, 0.2) is 5.52 Å². The second-order valence-electron chi connectivity index (χ2n) is 8.26. The molecule has 3 heterocycles. The van der Waals surface area contributed by atoms with E-state index in [1.165, 1.54) is 12.1 Å². The predicted octanol–water partition coefficient (Wildman–Crippen LogP) is 2.48. The van der Waals surface area contributed by atoms with Crippen molar-refractivity contribution in [2.24, 2.45) is 7.05 Å². The molecule has 9 heteroatoms. The molecule has 1 saturated heterocycles. The molecule has 172 valence electrons. The average molecular weight is 443 g/mol. The van der Waals surface area contributed by atoms with Gasteiger partial charge >= 0.3 is 0 Å². The van der Waals surface area contributed by atoms with Gasteiger partial charge in [0.1, 0.15) is 11.3 Å². The quantitative estimate of drug-likeness (QED) is 0.549. The SMILES string of the molecule is CCCc1nn(C)c2c(=O)[nH]c(N(CCCN3CCOCC3)Cc3ccc(F)cc3)nc12. The van der Waals surface area contributed by atoms with E-state index in [1.807, 2.05) is 0 Å². The first-order chi connectivity index (χ1) is 15.5. The molecule has 0 radical (unpaired) electrons. The Labute approximate surface area is 187 Å². The van der Waals surface area contributed by atoms with Crippen LogP contribution in [0.5, 0.6) is 0 Å². The summed E-state index contributed by atoms with van der Waals surface area (Å²) in [4.78, 5) is 25.2. The summed E-state index contributed by atoms with van der Waals surface area (Å²) in [5.74, 6) is 0.263. The summed E-state index contributed by atoms with van der Waals surface area (Å²) >= 11 is 0. The van der Waals surface area contributed by atoms with Crippen LogP contribution >= 0.6 is 0 Å². The van der Waals surface area contributed by atoms with Crippen LogP contribution in [0.2, 0.25) is 0 Å². The van der Waals surface area contributed by atoms with Crippen molar-refractivity contribution >= 4 is 17.0 Å². The van der Waals surface area contributed by atoms with Gasteiger partial charge in [-0.15, -0.1) is 0 Å². The maximum absolute atomic E-state index is 13.4. The Hall–Kier alpha value is -2.78. The third-order valence-corrected chi connectivity index (χ3v) is 5.83. The van der Waals surface area contributed by atoms with Crippen molar-refractivity contribution in [3.05, 3.63) is 51.7 Å². The van der Waals surface area contributed by atoms with Gasteiger partial charge in [0.05, 0.1) is 18.9 Å². The van der Waals surface area contributed by atoms with E-state index in [4.69, 9.17) is 9.72 Å². The molecule has 4 rings (SSSR count). The maximum atomic E-state index is 13.4. The Bertz CT molecular complexity index is 1090. The first-order valence-corrected chi connectivity index (χ1v) is 11.3. The minimum atomic E-state index is -0.264. The number of benzene rings is 1. The van der Waals surface area contributed by atoms with Crippen LogP contribution in [0.4, 0.5) is 10.3 Å². The van der Waals surface area contributed by atoms with E-state index in [0.717, 1.165) is 63.4 Å². The highest BCUT2D eigenvalue weighted by atomic mass is 19.1. The third kappa shape index (κ3) is 5.16. The van der Waals surface area contributed by atoms with Gasteiger partial charge in [0, 0.05) is 39.8 Å². The zero-order chi connectivity index (χ0) is 22.5. The Kier molecular flexibility index (Phi) is 7.16. The van der Waals surface area contributed by atoms with Crippen LogP contribution in [0.1, 0.15) is 31.0 Å². The molecule has 1 fully saturated rings. The highest BCUT2D eigenvalue weighted by Gasteiger charge is 2.18. The second-order valence-corrected chi connectivity index (χ2v) is 8.26. The normalized spacial score (nSPS) is 14.8. The molecular weight excluding hydrogens is 411 g/mol. The minimum absolute atomic E-state index is 0.195. The highest BCUT2D eigenvalue weighted by Crippen LogP contribution is 2.19. The third-order valence-electron chi connectivity index (χ3n) is 5.83. The van der Waals surface area contributed by atoms with Gasteiger partial charge in [-0.25, -0.2) is 9.37 Å². The molecule has 1 aliphatic rings. The Morgan fingerprint density at radius 1 is 1.22 bits per heavy atom. The number of morpholine rings is 1. The fraction of sp³-hybridized carbons (Fsp3) is 0.522. The average Bonchev–Trinajstić information content (AvgIpc) is 3.11. The van der Waals surface area contributed by atoms with Gasteiger partial charge in [-0.1, -0.05) is 25.5 Å². The van der Waals surface area contributed by atoms with Crippen LogP contribution in [-0.4, -0.2) is 64.0 Å². The van der Waals surface area contributed by atoms with Crippen molar-refractivity contribution in [2.45, 2.75) is 32.7 Å². The van der Waals surface area contributed by atoms with Crippen LogP contribution in [0, 0.1) is 5.82 Å². The molecule has 1 aromatic carbocycles. The standard InChI is InChI=1S/C23H31FN6O2/c1-3-5-19-20-21(28(2)27-19)22(31)26-23(25-20)30(16-17-6-8-18(24)9-7-17)11-4-10-29-12-14-32-15-13-29/h6-9H,3-5,10-16H2,1-2H3,(H,25,26,31). The van der Waals surface area contributed by atoms with Crippen LogP contribution in [0.25, 0.3) is 11.0 Å². The fourth-order valence-electron chi connectivity index (χ4n) is 4.17. The molecule has 2 aromatic heterocycles. The van der Waals surface area contributed by atoms with E-state index in [2.05, 4.69) is 26.8 Å². The molecule has 3 aromatic rings. The van der Waals surface area contributed by atoms with Gasteiger partial charge in [-0.2, -0.15) is 5.10 Å². The lowest BCUT2D eigenvalue weighted by Gasteiger charge is -2.28. The summed E-state index contributed by atoms with van der Waals surface area (Å²) in [6, 6.07) is 6.46. The van der Waals surface area contributed by atoms with Crippen molar-refractivity contribution in [2.75, 3.05) is 44.3 Å². The number of halogens is 1. The fourth-order valence-corrected chi connectivity index (χ4v) is 4.17. The lowest BCUT2D eigenvalue weighted by Crippen LogP contribution is -2.38. The summed E-state index contributed by atoms with van der Waals surface area (Å²) in [6.45, 7) is 7.70. The van der Waals surface area contributed by atoms with E-state index in [1.54, 1.807) is 23.9 Å². The maximum Gasteiger partial charge on any atom is 0.278 e. The molecule has 0 atom stereocenters. The largest absolute Gasteiger partial charge is 0.379 e. The molecule has 0 amide bonds. The number of fused-ring (bicyclic) bond motifs is 1. The lowest BCUT2D eigenvalue weighted by atomic mass is 10.2. The molecule has 0 bridgehead atoms. The number of aromatic nitrogens is 4. The number of hydrogen-bond donors (Lipinski definition) is 1. The van der Waals surface area contributed by atoms with Crippen molar-refractivity contribution in [3.8, 4) is 0 Å². The summed E-state index contributed by atoms with van der Waals surface area (Å²) in [5, 5.41) is 4.51. The van der Waals surface area contributed by atoms with Gasteiger partial charge in [0.25, 0.3) is 5.56 Å². The number of aryl methyl sites for hydroxylation is 2. The van der Waals surface area contributed by atoms with Gasteiger partial charge in [0.2, 0.25) is 5.95 Å². The van der Waals surface area contributed by atoms with Gasteiger partial charge < -0.3 is 9.64 Å². The first-order valence-electron chi connectivity index (χ1n) is 11.3. The number of H-pyrrole nitrogens is 1. The number of ether oxygens (including phenoxy) is 1. The first kappa shape index (κ1) is 22.4. The Balaban J connectivity index is 1.61. The van der Waals surface area contributed by atoms with Crippen molar-refractivity contribution < 1.29 is 9.13 Å². The zero-order valence-corrected chi connectivity index (χ0v) is 18.8. The predicted molar refractivity (Wildman–Crippen MR) is 122 cm³/mol.